The van der Waals surface area contributed by atoms with E-state index >= 15 is 0 Å². The fraction of sp³-hybridized carbons (Fsp3) is 0.556. The van der Waals surface area contributed by atoms with Gasteiger partial charge in [0, 0.05) is 24.8 Å². The SMILES string of the molecule is CCOC(=O)N1[C@H]2[C@@H]1CN1C3=C(C(=O)C(N)=C(C)C3=O)[C@@H](COC(N)=O)[C@@]21OC. The number of nitrogens with two attached hydrogens (primary N) is 2. The van der Waals surface area contributed by atoms with Crippen LogP contribution in [-0.4, -0.2) is 78.2 Å². The van der Waals surface area contributed by atoms with Gasteiger partial charge in [0.25, 0.3) is 0 Å². The van der Waals surface area contributed by atoms with E-state index in [9.17, 15) is 19.2 Å². The van der Waals surface area contributed by atoms with E-state index in [4.69, 9.17) is 25.7 Å². The van der Waals surface area contributed by atoms with Crippen LogP contribution in [0.2, 0.25) is 0 Å². The molecule has 11 nitrogen and oxygen atoms in total. The molecule has 2 fully saturated rings. The molecule has 156 valence electrons. The van der Waals surface area contributed by atoms with Crippen molar-refractivity contribution in [2.45, 2.75) is 31.7 Å². The highest BCUT2D eigenvalue weighted by Gasteiger charge is 2.78. The number of rotatable bonds is 4. The number of amides is 2. The van der Waals surface area contributed by atoms with Crippen LogP contribution in [0.1, 0.15) is 13.8 Å². The van der Waals surface area contributed by atoms with Crippen molar-refractivity contribution >= 4 is 23.8 Å². The molecule has 3 aliphatic heterocycles. The molecule has 0 saturated carbocycles. The van der Waals surface area contributed by atoms with E-state index in [2.05, 4.69) is 0 Å². The Balaban J connectivity index is 1.79. The number of primary amides is 1. The number of hydrogen-bond donors (Lipinski definition) is 2. The van der Waals surface area contributed by atoms with Gasteiger partial charge in [-0.3, -0.25) is 14.5 Å². The van der Waals surface area contributed by atoms with Crippen molar-refractivity contribution in [3.05, 3.63) is 22.5 Å². The van der Waals surface area contributed by atoms with Crippen LogP contribution in [0.25, 0.3) is 0 Å². The van der Waals surface area contributed by atoms with E-state index in [1.54, 1.807) is 11.8 Å². The number of methoxy groups -OCH3 is 1. The van der Waals surface area contributed by atoms with Gasteiger partial charge >= 0.3 is 12.2 Å². The zero-order valence-electron chi connectivity index (χ0n) is 16.3. The zero-order chi connectivity index (χ0) is 21.2. The van der Waals surface area contributed by atoms with Crippen molar-refractivity contribution in [2.75, 3.05) is 26.9 Å². The highest BCUT2D eigenvalue weighted by Crippen LogP contribution is 2.59. The molecule has 2 saturated heterocycles. The number of allylic oxidation sites excluding steroid dienone is 2. The Bertz CT molecular complexity index is 910. The van der Waals surface area contributed by atoms with Crippen molar-refractivity contribution in [3.8, 4) is 0 Å². The minimum absolute atomic E-state index is 0.121. The second kappa shape index (κ2) is 6.21. The molecule has 0 unspecified atom stereocenters. The molecular weight excluding hydrogens is 384 g/mol. The smallest absolute Gasteiger partial charge is 0.410 e. The largest absolute Gasteiger partial charge is 0.450 e. The lowest BCUT2D eigenvalue weighted by atomic mass is 9.82. The lowest BCUT2D eigenvalue weighted by Gasteiger charge is -2.40. The summed E-state index contributed by atoms with van der Waals surface area (Å²) >= 11 is 0. The molecule has 0 bridgehead atoms. The van der Waals surface area contributed by atoms with Crippen LogP contribution in [0.3, 0.4) is 0 Å². The summed E-state index contributed by atoms with van der Waals surface area (Å²) in [5.74, 6) is -1.75. The molecule has 4 aliphatic rings. The normalized spacial score (nSPS) is 32.3. The van der Waals surface area contributed by atoms with Crippen molar-refractivity contribution in [1.29, 1.82) is 0 Å². The van der Waals surface area contributed by atoms with Crippen LogP contribution in [-0.2, 0) is 23.8 Å². The van der Waals surface area contributed by atoms with Crippen molar-refractivity contribution in [2.24, 2.45) is 17.4 Å². The van der Waals surface area contributed by atoms with Gasteiger partial charge in [-0.25, -0.2) is 9.59 Å². The van der Waals surface area contributed by atoms with Gasteiger partial charge in [-0.1, -0.05) is 0 Å². The number of piperazine rings is 1. The van der Waals surface area contributed by atoms with Crippen LogP contribution >= 0.6 is 0 Å². The maximum Gasteiger partial charge on any atom is 0.410 e. The fourth-order valence-electron chi connectivity index (χ4n) is 4.92. The molecule has 0 aromatic rings. The molecule has 0 spiro atoms. The highest BCUT2D eigenvalue weighted by atomic mass is 16.6. The van der Waals surface area contributed by atoms with Crippen molar-refractivity contribution in [1.82, 2.24) is 9.80 Å². The Morgan fingerprint density at radius 2 is 1.93 bits per heavy atom. The quantitative estimate of drug-likeness (QED) is 0.452. The number of Topliss-reactive ketones (excluding diaryl/α,β-unsaturated/α-hetero) is 2. The number of ether oxygens (including phenoxy) is 3. The summed E-state index contributed by atoms with van der Waals surface area (Å²) in [6.07, 6.45) is -1.54. The van der Waals surface area contributed by atoms with Crippen molar-refractivity contribution < 1.29 is 33.4 Å². The van der Waals surface area contributed by atoms with Gasteiger partial charge in [-0.05, 0) is 13.8 Å². The first kappa shape index (κ1) is 19.2. The Morgan fingerprint density at radius 1 is 1.24 bits per heavy atom. The number of fused-ring (bicyclic) bond motifs is 4. The Morgan fingerprint density at radius 3 is 2.52 bits per heavy atom. The van der Waals surface area contributed by atoms with Crippen LogP contribution in [0, 0.1) is 5.92 Å². The molecule has 2 amide bonds. The monoisotopic (exact) mass is 406 g/mol. The minimum atomic E-state index is -1.27. The summed E-state index contributed by atoms with van der Waals surface area (Å²) in [7, 11) is 1.42. The Labute approximate surface area is 166 Å². The van der Waals surface area contributed by atoms with Crippen molar-refractivity contribution in [3.63, 3.8) is 0 Å². The third kappa shape index (κ3) is 2.27. The maximum absolute atomic E-state index is 13.0. The van der Waals surface area contributed by atoms with E-state index in [1.165, 1.54) is 18.9 Å². The lowest BCUT2D eigenvalue weighted by molar-refractivity contribution is -0.144. The minimum Gasteiger partial charge on any atom is -0.450 e. The fourth-order valence-corrected chi connectivity index (χ4v) is 4.92. The lowest BCUT2D eigenvalue weighted by Crippen LogP contribution is -2.56. The maximum atomic E-state index is 13.0. The Hall–Kier alpha value is -3.08. The summed E-state index contributed by atoms with van der Waals surface area (Å²) in [5.41, 5.74) is 10.0. The molecule has 11 heteroatoms. The van der Waals surface area contributed by atoms with E-state index in [1.807, 2.05) is 0 Å². The number of hydrogen-bond acceptors (Lipinski definition) is 9. The summed E-state index contributed by atoms with van der Waals surface area (Å²) in [4.78, 5) is 52.8. The highest BCUT2D eigenvalue weighted by molar-refractivity contribution is 6.25. The second-order valence-corrected chi connectivity index (χ2v) is 7.33. The van der Waals surface area contributed by atoms with Gasteiger partial charge in [0.1, 0.15) is 12.6 Å². The zero-order valence-corrected chi connectivity index (χ0v) is 16.3. The number of carbonyl (C=O) groups excluding carboxylic acids is 4. The first-order valence-corrected chi connectivity index (χ1v) is 9.22. The molecule has 0 aromatic carbocycles. The van der Waals surface area contributed by atoms with E-state index in [-0.39, 0.29) is 54.1 Å². The molecule has 0 radical (unpaired) electrons. The van der Waals surface area contributed by atoms with E-state index in [0.717, 1.165) is 0 Å². The van der Waals surface area contributed by atoms with Crippen LogP contribution in [0.5, 0.6) is 0 Å². The first-order chi connectivity index (χ1) is 13.7. The standard InChI is InChI=1S/C18H22N4O7/c1-4-28-17(26)22-9-5-21-12-10(14(24)11(19)7(2)13(12)23)8(6-29-16(20)25)18(21,27-3)15(9)22/h8-9,15H,4-6,19H2,1-3H3,(H2,20,25)/t8-,9+,15+,18-,22?/m1/s1. The molecule has 1 aliphatic carbocycles. The van der Waals surface area contributed by atoms with E-state index < -0.39 is 35.7 Å². The van der Waals surface area contributed by atoms with Gasteiger partial charge in [-0.2, -0.15) is 0 Å². The van der Waals surface area contributed by atoms with Gasteiger partial charge in [0.15, 0.2) is 5.72 Å². The van der Waals surface area contributed by atoms with Gasteiger partial charge < -0.3 is 30.6 Å². The van der Waals surface area contributed by atoms with Gasteiger partial charge in [0.05, 0.1) is 30.0 Å². The summed E-state index contributed by atoms with van der Waals surface area (Å²) in [5, 5.41) is 0. The van der Waals surface area contributed by atoms with Crippen LogP contribution in [0.4, 0.5) is 9.59 Å². The molecule has 4 rings (SSSR count). The predicted molar refractivity (Wildman–Crippen MR) is 95.8 cm³/mol. The average Bonchev–Trinajstić information content (AvgIpc) is 3.19. The molecule has 4 N–H and O–H groups in total. The average molecular weight is 406 g/mol. The van der Waals surface area contributed by atoms with E-state index in [0.29, 0.717) is 0 Å². The van der Waals surface area contributed by atoms with Gasteiger partial charge in [-0.15, -0.1) is 0 Å². The number of carbonyl (C=O) groups is 4. The van der Waals surface area contributed by atoms with Crippen LogP contribution in [0.15, 0.2) is 22.5 Å². The third-order valence-electron chi connectivity index (χ3n) is 6.17. The predicted octanol–water partition coefficient (Wildman–Crippen LogP) is -0.782. The number of ketones is 2. The third-order valence-corrected chi connectivity index (χ3v) is 6.17. The summed E-state index contributed by atoms with van der Waals surface area (Å²) < 4.78 is 16.0. The molecule has 0 aromatic heterocycles. The summed E-state index contributed by atoms with van der Waals surface area (Å²) in [6.45, 7) is 3.36. The Kier molecular flexibility index (Phi) is 4.12. The molecule has 29 heavy (non-hydrogen) atoms. The molecular formula is C18H22N4O7. The molecule has 4 atom stereocenters. The first-order valence-electron chi connectivity index (χ1n) is 9.22. The summed E-state index contributed by atoms with van der Waals surface area (Å²) in [6, 6.07) is -0.744. The second-order valence-electron chi connectivity index (χ2n) is 7.33. The number of nitrogens with zero attached hydrogens (tertiary/aromatic N) is 2. The van der Waals surface area contributed by atoms with Gasteiger partial charge in [0.2, 0.25) is 11.6 Å². The van der Waals surface area contributed by atoms with Crippen LogP contribution < -0.4 is 11.5 Å². The topological polar surface area (TPSA) is 154 Å². The molecule has 3 heterocycles.